The van der Waals surface area contributed by atoms with Crippen molar-refractivity contribution < 1.29 is 4.79 Å². The van der Waals surface area contributed by atoms with Crippen molar-refractivity contribution in [1.82, 2.24) is 19.2 Å². The maximum atomic E-state index is 12.9. The van der Waals surface area contributed by atoms with Crippen LogP contribution in [0.1, 0.15) is 16.1 Å². The molecule has 5 heteroatoms. The quantitative estimate of drug-likeness (QED) is 0.729. The van der Waals surface area contributed by atoms with E-state index < -0.39 is 0 Å². The summed E-state index contributed by atoms with van der Waals surface area (Å²) in [6.45, 7) is 4.20. The molecule has 1 fully saturated rings. The first kappa shape index (κ1) is 16.5. The Bertz CT molecular complexity index is 908. The van der Waals surface area contributed by atoms with Crippen LogP contribution in [0.2, 0.25) is 0 Å². The van der Waals surface area contributed by atoms with Crippen LogP contribution >= 0.6 is 0 Å². The lowest BCUT2D eigenvalue weighted by molar-refractivity contribution is 0.0643. The van der Waals surface area contributed by atoms with Gasteiger partial charge in [-0.05, 0) is 17.7 Å². The Morgan fingerprint density at radius 3 is 2.62 bits per heavy atom. The summed E-state index contributed by atoms with van der Waals surface area (Å²) in [6, 6.07) is 16.0. The number of piperazine rings is 1. The Hall–Kier alpha value is -2.92. The van der Waals surface area contributed by atoms with Gasteiger partial charge in [-0.25, -0.2) is 4.98 Å². The van der Waals surface area contributed by atoms with Crippen LogP contribution in [-0.4, -0.2) is 57.8 Å². The average molecular weight is 346 g/mol. The van der Waals surface area contributed by atoms with Crippen LogP contribution in [0.15, 0.2) is 67.0 Å². The molecule has 0 bridgehead atoms. The number of hydrogen-bond donors (Lipinski definition) is 0. The zero-order valence-electron chi connectivity index (χ0n) is 14.7. The molecule has 1 saturated heterocycles. The van der Waals surface area contributed by atoms with E-state index in [9.17, 15) is 4.79 Å². The predicted molar refractivity (Wildman–Crippen MR) is 103 cm³/mol. The zero-order chi connectivity index (χ0) is 17.8. The lowest BCUT2D eigenvalue weighted by Crippen LogP contribution is -2.48. The summed E-state index contributed by atoms with van der Waals surface area (Å²) in [5.74, 6) is 0.0769. The molecule has 1 amide bonds. The highest BCUT2D eigenvalue weighted by Gasteiger charge is 2.23. The highest BCUT2D eigenvalue weighted by Crippen LogP contribution is 2.12. The molecule has 0 saturated carbocycles. The molecule has 3 heterocycles. The number of imidazole rings is 1. The Kier molecular flexibility index (Phi) is 4.80. The van der Waals surface area contributed by atoms with Crippen molar-refractivity contribution in [3.63, 3.8) is 0 Å². The minimum atomic E-state index is 0.0769. The highest BCUT2D eigenvalue weighted by atomic mass is 16.2. The van der Waals surface area contributed by atoms with Crippen molar-refractivity contribution in [3.8, 4) is 0 Å². The summed E-state index contributed by atoms with van der Waals surface area (Å²) in [5, 5.41) is 0. The van der Waals surface area contributed by atoms with E-state index in [0.717, 1.165) is 38.4 Å². The van der Waals surface area contributed by atoms with Crippen molar-refractivity contribution in [3.05, 3.63) is 78.3 Å². The molecule has 26 heavy (non-hydrogen) atoms. The van der Waals surface area contributed by atoms with E-state index in [1.165, 1.54) is 5.56 Å². The third-order valence-electron chi connectivity index (χ3n) is 4.78. The van der Waals surface area contributed by atoms with Crippen LogP contribution in [0.5, 0.6) is 0 Å². The lowest BCUT2D eigenvalue weighted by Gasteiger charge is -2.34. The minimum Gasteiger partial charge on any atom is -0.335 e. The van der Waals surface area contributed by atoms with E-state index in [2.05, 4.69) is 34.2 Å². The summed E-state index contributed by atoms with van der Waals surface area (Å²) in [4.78, 5) is 21.4. The van der Waals surface area contributed by atoms with Crippen molar-refractivity contribution in [2.75, 3.05) is 32.7 Å². The molecular weight excluding hydrogens is 324 g/mol. The highest BCUT2D eigenvalue weighted by molar-refractivity contribution is 5.93. The van der Waals surface area contributed by atoms with E-state index in [-0.39, 0.29) is 5.91 Å². The molecule has 4 rings (SSSR count). The van der Waals surface area contributed by atoms with Gasteiger partial charge in [0, 0.05) is 45.1 Å². The molecule has 1 aliphatic rings. The maximum absolute atomic E-state index is 12.9. The monoisotopic (exact) mass is 346 g/mol. The number of pyridine rings is 1. The molecule has 0 aliphatic carbocycles. The molecular formula is C21H22N4O. The second-order valence-electron chi connectivity index (χ2n) is 6.47. The van der Waals surface area contributed by atoms with Gasteiger partial charge in [0.1, 0.15) is 11.3 Å². The first-order chi connectivity index (χ1) is 12.8. The number of amides is 1. The molecule has 1 aromatic carbocycles. The van der Waals surface area contributed by atoms with Crippen molar-refractivity contribution in [1.29, 1.82) is 0 Å². The number of carbonyl (C=O) groups excluding carboxylic acids is 1. The smallest absolute Gasteiger partial charge is 0.270 e. The standard InChI is InChI=1S/C21H22N4O/c26-21(19-9-4-10-20-22-11-13-25(19)20)24-16-14-23(15-17-24)12-5-8-18-6-2-1-3-7-18/h1-11,13H,12,14-17H2/b8-5+. The molecule has 0 spiro atoms. The van der Waals surface area contributed by atoms with Gasteiger partial charge >= 0.3 is 0 Å². The third-order valence-corrected chi connectivity index (χ3v) is 4.78. The van der Waals surface area contributed by atoms with E-state index in [4.69, 9.17) is 0 Å². The van der Waals surface area contributed by atoms with Crippen LogP contribution in [0.3, 0.4) is 0 Å². The second kappa shape index (κ2) is 7.54. The fourth-order valence-corrected chi connectivity index (χ4v) is 3.32. The fraction of sp³-hybridized carbons (Fsp3) is 0.238. The van der Waals surface area contributed by atoms with Crippen molar-refractivity contribution in [2.45, 2.75) is 0 Å². The van der Waals surface area contributed by atoms with Gasteiger partial charge in [-0.1, -0.05) is 48.6 Å². The van der Waals surface area contributed by atoms with Crippen molar-refractivity contribution >= 4 is 17.6 Å². The molecule has 3 aromatic rings. The van der Waals surface area contributed by atoms with Crippen molar-refractivity contribution in [2.24, 2.45) is 0 Å². The molecule has 2 aromatic heterocycles. The third kappa shape index (κ3) is 3.53. The number of rotatable bonds is 4. The molecule has 132 valence electrons. The van der Waals surface area contributed by atoms with Gasteiger partial charge in [-0.2, -0.15) is 0 Å². The largest absolute Gasteiger partial charge is 0.335 e. The zero-order valence-corrected chi connectivity index (χ0v) is 14.7. The van der Waals surface area contributed by atoms with Crippen LogP contribution in [0.4, 0.5) is 0 Å². The Morgan fingerprint density at radius 1 is 1.00 bits per heavy atom. The van der Waals surface area contributed by atoms with Gasteiger partial charge in [0.15, 0.2) is 0 Å². The molecule has 1 aliphatic heterocycles. The second-order valence-corrected chi connectivity index (χ2v) is 6.47. The van der Waals surface area contributed by atoms with Crippen LogP contribution < -0.4 is 0 Å². The number of aromatic nitrogens is 2. The van der Waals surface area contributed by atoms with E-state index >= 15 is 0 Å². The van der Waals surface area contributed by atoms with Gasteiger partial charge in [0.2, 0.25) is 0 Å². The predicted octanol–water partition coefficient (Wildman–Crippen LogP) is 2.81. The Morgan fingerprint density at radius 2 is 1.81 bits per heavy atom. The van der Waals surface area contributed by atoms with Gasteiger partial charge in [0.25, 0.3) is 5.91 Å². The maximum Gasteiger partial charge on any atom is 0.270 e. The van der Waals surface area contributed by atoms with E-state index in [1.54, 1.807) is 6.20 Å². The minimum absolute atomic E-state index is 0.0769. The molecule has 0 radical (unpaired) electrons. The van der Waals surface area contributed by atoms with Crippen LogP contribution in [0.25, 0.3) is 11.7 Å². The van der Waals surface area contributed by atoms with Crippen LogP contribution in [-0.2, 0) is 0 Å². The molecule has 5 nitrogen and oxygen atoms in total. The Balaban J connectivity index is 1.34. The van der Waals surface area contributed by atoms with E-state index in [1.807, 2.05) is 51.9 Å². The number of hydrogen-bond acceptors (Lipinski definition) is 3. The summed E-state index contributed by atoms with van der Waals surface area (Å²) in [7, 11) is 0. The van der Waals surface area contributed by atoms with E-state index in [0.29, 0.717) is 5.69 Å². The number of benzene rings is 1. The normalized spacial score (nSPS) is 15.8. The first-order valence-corrected chi connectivity index (χ1v) is 8.96. The lowest BCUT2D eigenvalue weighted by atomic mass is 10.2. The summed E-state index contributed by atoms with van der Waals surface area (Å²) < 4.78 is 1.86. The van der Waals surface area contributed by atoms with Gasteiger partial charge in [-0.3, -0.25) is 14.1 Å². The van der Waals surface area contributed by atoms with Crippen LogP contribution in [0, 0.1) is 0 Å². The summed E-state index contributed by atoms with van der Waals surface area (Å²) in [5.41, 5.74) is 2.70. The van der Waals surface area contributed by atoms with Gasteiger partial charge in [-0.15, -0.1) is 0 Å². The summed E-state index contributed by atoms with van der Waals surface area (Å²) in [6.07, 6.45) is 7.91. The first-order valence-electron chi connectivity index (χ1n) is 8.96. The number of carbonyl (C=O) groups is 1. The Labute approximate surface area is 153 Å². The number of nitrogens with zero attached hydrogens (tertiary/aromatic N) is 4. The fourth-order valence-electron chi connectivity index (χ4n) is 3.32. The SMILES string of the molecule is O=C(c1cccc2nccn12)N1CCN(C/C=C/c2ccccc2)CC1. The summed E-state index contributed by atoms with van der Waals surface area (Å²) >= 11 is 0. The van der Waals surface area contributed by atoms with Gasteiger partial charge < -0.3 is 4.90 Å². The molecule has 0 atom stereocenters. The number of fused-ring (bicyclic) bond motifs is 1. The molecule has 0 N–H and O–H groups in total. The topological polar surface area (TPSA) is 40.9 Å². The van der Waals surface area contributed by atoms with Gasteiger partial charge in [0.05, 0.1) is 0 Å². The average Bonchev–Trinajstić information content (AvgIpc) is 3.18. The molecule has 0 unspecified atom stereocenters.